The lowest BCUT2D eigenvalue weighted by Gasteiger charge is -2.16. The van der Waals surface area contributed by atoms with Gasteiger partial charge in [-0.1, -0.05) is 11.6 Å². The summed E-state index contributed by atoms with van der Waals surface area (Å²) in [7, 11) is 1.48. The Labute approximate surface area is 200 Å². The molecule has 10 heteroatoms. The maximum absolute atomic E-state index is 13.2. The van der Waals surface area contributed by atoms with Crippen LogP contribution >= 0.6 is 11.6 Å². The number of ether oxygens (including phenoxy) is 2. The third-order valence-electron chi connectivity index (χ3n) is 5.12. The lowest BCUT2D eigenvalue weighted by atomic mass is 10.1. The zero-order valence-electron chi connectivity index (χ0n) is 19.0. The second kappa shape index (κ2) is 9.56. The lowest BCUT2D eigenvalue weighted by molar-refractivity contribution is -0.123. The highest BCUT2D eigenvalue weighted by molar-refractivity contribution is 6.31. The lowest BCUT2D eigenvalue weighted by Crippen LogP contribution is -2.30. The highest BCUT2D eigenvalue weighted by Gasteiger charge is 2.24. The first-order valence-electron chi connectivity index (χ1n) is 10.6. The number of hydrogen-bond donors (Lipinski definition) is 1. The van der Waals surface area contributed by atoms with Crippen molar-refractivity contribution >= 4 is 40.2 Å². The molecule has 9 nitrogen and oxygen atoms in total. The van der Waals surface area contributed by atoms with Crippen LogP contribution in [0.25, 0.3) is 22.5 Å². The number of furan rings is 1. The smallest absolute Gasteiger partial charge is 0.339 e. The Balaban J connectivity index is 1.62. The summed E-state index contributed by atoms with van der Waals surface area (Å²) in [6.07, 6.45) is 1.98. The van der Waals surface area contributed by atoms with E-state index in [0.29, 0.717) is 38.9 Å². The SMILES string of the molecule is COc1ccc(Cl)cc1NC(=O)C(C)OC(=O)c1cc(-c2ccco2)nc2c1cnn2C(C)C. The number of esters is 1. The number of carbonyl (C=O) groups excluding carboxylic acids is 2. The molecule has 4 aromatic rings. The predicted octanol–water partition coefficient (Wildman–Crippen LogP) is 5.12. The van der Waals surface area contributed by atoms with Crippen molar-refractivity contribution in [3.05, 3.63) is 59.4 Å². The van der Waals surface area contributed by atoms with Gasteiger partial charge in [-0.05, 0) is 57.2 Å². The first-order chi connectivity index (χ1) is 16.3. The first kappa shape index (κ1) is 23.3. The zero-order chi connectivity index (χ0) is 24.4. The quantitative estimate of drug-likeness (QED) is 0.364. The Kier molecular flexibility index (Phi) is 6.56. The van der Waals surface area contributed by atoms with Crippen LogP contribution in [0.3, 0.4) is 0 Å². The second-order valence-electron chi connectivity index (χ2n) is 7.83. The molecule has 0 bridgehead atoms. The monoisotopic (exact) mass is 482 g/mol. The molecule has 1 N–H and O–H groups in total. The molecular formula is C24H23ClN4O5. The number of methoxy groups -OCH3 is 1. The number of nitrogens with zero attached hydrogens (tertiary/aromatic N) is 3. The Hall–Kier alpha value is -3.85. The fraction of sp³-hybridized carbons (Fsp3) is 0.250. The van der Waals surface area contributed by atoms with Gasteiger partial charge in [0.1, 0.15) is 11.4 Å². The Morgan fingerprint density at radius 2 is 1.97 bits per heavy atom. The van der Waals surface area contributed by atoms with E-state index in [1.165, 1.54) is 20.3 Å². The van der Waals surface area contributed by atoms with E-state index in [1.807, 2.05) is 13.8 Å². The number of anilines is 1. The molecule has 1 aromatic carbocycles. The van der Waals surface area contributed by atoms with Crippen LogP contribution in [0.5, 0.6) is 5.75 Å². The number of amides is 1. The van der Waals surface area contributed by atoms with Crippen LogP contribution in [0.1, 0.15) is 37.2 Å². The predicted molar refractivity (Wildman–Crippen MR) is 127 cm³/mol. The number of nitrogens with one attached hydrogen (secondary N) is 1. The van der Waals surface area contributed by atoms with Gasteiger partial charge in [0.05, 0.1) is 36.2 Å². The fourth-order valence-electron chi connectivity index (χ4n) is 3.41. The average molecular weight is 483 g/mol. The molecule has 0 radical (unpaired) electrons. The number of rotatable bonds is 7. The highest BCUT2D eigenvalue weighted by Crippen LogP contribution is 2.29. The van der Waals surface area contributed by atoms with Crippen LogP contribution in [0.4, 0.5) is 5.69 Å². The van der Waals surface area contributed by atoms with Crippen LogP contribution in [-0.2, 0) is 9.53 Å². The van der Waals surface area contributed by atoms with Crippen molar-refractivity contribution in [2.45, 2.75) is 32.9 Å². The van der Waals surface area contributed by atoms with Crippen molar-refractivity contribution in [3.63, 3.8) is 0 Å². The molecule has 0 aliphatic rings. The molecule has 34 heavy (non-hydrogen) atoms. The van der Waals surface area contributed by atoms with E-state index in [9.17, 15) is 9.59 Å². The summed E-state index contributed by atoms with van der Waals surface area (Å²) in [5.74, 6) is -0.310. The van der Waals surface area contributed by atoms with E-state index in [-0.39, 0.29) is 11.6 Å². The van der Waals surface area contributed by atoms with Gasteiger partial charge in [0.2, 0.25) is 0 Å². The van der Waals surface area contributed by atoms with E-state index < -0.39 is 18.0 Å². The summed E-state index contributed by atoms with van der Waals surface area (Å²) < 4.78 is 17.9. The molecule has 1 atom stereocenters. The maximum Gasteiger partial charge on any atom is 0.339 e. The molecule has 3 aromatic heterocycles. The molecule has 0 spiro atoms. The van der Waals surface area contributed by atoms with Crippen molar-refractivity contribution in [3.8, 4) is 17.2 Å². The molecule has 3 heterocycles. The van der Waals surface area contributed by atoms with Gasteiger partial charge in [-0.3, -0.25) is 4.79 Å². The Morgan fingerprint density at radius 3 is 2.65 bits per heavy atom. The molecule has 176 valence electrons. The largest absolute Gasteiger partial charge is 0.495 e. The number of fused-ring (bicyclic) bond motifs is 1. The molecule has 1 unspecified atom stereocenters. The van der Waals surface area contributed by atoms with Gasteiger partial charge in [0.15, 0.2) is 17.5 Å². The molecular weight excluding hydrogens is 460 g/mol. The summed E-state index contributed by atoms with van der Waals surface area (Å²) in [6, 6.07) is 9.88. The highest BCUT2D eigenvalue weighted by atomic mass is 35.5. The number of halogens is 1. The van der Waals surface area contributed by atoms with Gasteiger partial charge in [0.25, 0.3) is 5.91 Å². The number of pyridine rings is 1. The number of hydrogen-bond acceptors (Lipinski definition) is 7. The third kappa shape index (κ3) is 4.60. The number of benzene rings is 1. The number of aromatic nitrogens is 3. The summed E-state index contributed by atoms with van der Waals surface area (Å²) in [5.41, 5.74) is 1.56. The van der Waals surface area contributed by atoms with Crippen LogP contribution in [0.15, 0.2) is 53.3 Å². The van der Waals surface area contributed by atoms with Crippen LogP contribution in [0.2, 0.25) is 5.02 Å². The van der Waals surface area contributed by atoms with Gasteiger partial charge < -0.3 is 19.2 Å². The minimum atomic E-state index is -1.10. The van der Waals surface area contributed by atoms with E-state index in [4.69, 9.17) is 25.5 Å². The minimum absolute atomic E-state index is 0.0121. The van der Waals surface area contributed by atoms with Gasteiger partial charge >= 0.3 is 5.97 Å². The first-order valence-corrected chi connectivity index (χ1v) is 10.9. The summed E-state index contributed by atoms with van der Waals surface area (Å²) in [5, 5.41) is 7.98. The maximum atomic E-state index is 13.2. The molecule has 0 aliphatic heterocycles. The van der Waals surface area contributed by atoms with Crippen LogP contribution in [0, 0.1) is 0 Å². The van der Waals surface area contributed by atoms with Crippen LogP contribution in [-0.4, -0.2) is 39.9 Å². The van der Waals surface area contributed by atoms with Crippen molar-refractivity contribution in [1.29, 1.82) is 0 Å². The Bertz CT molecular complexity index is 1350. The van der Waals surface area contributed by atoms with Crippen molar-refractivity contribution in [1.82, 2.24) is 14.8 Å². The summed E-state index contributed by atoms with van der Waals surface area (Å²) in [6.45, 7) is 5.40. The molecule has 1 amide bonds. The third-order valence-corrected chi connectivity index (χ3v) is 5.36. The summed E-state index contributed by atoms with van der Waals surface area (Å²) >= 11 is 6.02. The molecule has 0 aliphatic carbocycles. The molecule has 0 saturated carbocycles. The van der Waals surface area contributed by atoms with E-state index in [0.717, 1.165) is 0 Å². The van der Waals surface area contributed by atoms with Crippen LogP contribution < -0.4 is 10.1 Å². The fourth-order valence-corrected chi connectivity index (χ4v) is 3.58. The standard InChI is InChI=1S/C24H23ClN4O5/c1-13(2)29-22-17(12-26-29)16(11-19(27-22)21-6-5-9-33-21)24(31)34-14(3)23(30)28-18-10-15(25)7-8-20(18)32-4/h5-14H,1-4H3,(H,28,30). The topological polar surface area (TPSA) is 108 Å². The molecule has 4 rings (SSSR count). The van der Waals surface area contributed by atoms with Gasteiger partial charge in [0, 0.05) is 11.1 Å². The summed E-state index contributed by atoms with van der Waals surface area (Å²) in [4.78, 5) is 30.5. The van der Waals surface area contributed by atoms with E-state index >= 15 is 0 Å². The van der Waals surface area contributed by atoms with Crippen molar-refractivity contribution in [2.24, 2.45) is 0 Å². The minimum Gasteiger partial charge on any atom is -0.495 e. The van der Waals surface area contributed by atoms with Crippen molar-refractivity contribution < 1.29 is 23.5 Å². The average Bonchev–Trinajstić information content (AvgIpc) is 3.48. The Morgan fingerprint density at radius 1 is 1.18 bits per heavy atom. The van der Waals surface area contributed by atoms with Gasteiger partial charge in [-0.15, -0.1) is 0 Å². The van der Waals surface area contributed by atoms with E-state index in [2.05, 4.69) is 15.4 Å². The van der Waals surface area contributed by atoms with E-state index in [1.54, 1.807) is 47.3 Å². The van der Waals surface area contributed by atoms with Crippen molar-refractivity contribution in [2.75, 3.05) is 12.4 Å². The normalized spacial score (nSPS) is 12.1. The van der Waals surface area contributed by atoms with Gasteiger partial charge in [-0.2, -0.15) is 5.10 Å². The molecule has 0 saturated heterocycles. The second-order valence-corrected chi connectivity index (χ2v) is 8.27. The zero-order valence-corrected chi connectivity index (χ0v) is 19.8. The molecule has 0 fully saturated rings. The number of carbonyl (C=O) groups is 2. The van der Waals surface area contributed by atoms with Gasteiger partial charge in [-0.25, -0.2) is 14.5 Å².